The molecule has 264 valence electrons. The number of halogens is 9. The maximum Gasteiger partial charge on any atom is 0.490 e. The zero-order chi connectivity index (χ0) is 36.6. The molecule has 1 aromatic carbocycles. The van der Waals surface area contributed by atoms with Gasteiger partial charge in [-0.05, 0) is 61.3 Å². The molecule has 0 radical (unpaired) electrons. The van der Waals surface area contributed by atoms with Gasteiger partial charge >= 0.3 is 30.5 Å². The highest BCUT2D eigenvalue weighted by Crippen LogP contribution is 2.34. The summed E-state index contributed by atoms with van der Waals surface area (Å²) < 4.78 is 104. The first-order chi connectivity index (χ1) is 22.8. The van der Waals surface area contributed by atoms with Gasteiger partial charge < -0.3 is 19.9 Å². The van der Waals surface area contributed by atoms with Crippen LogP contribution >= 0.6 is 0 Å². The highest BCUT2D eigenvalue weighted by molar-refractivity contribution is 5.99. The number of carbonyl (C=O) groups is 3. The second-order valence-electron chi connectivity index (χ2n) is 10.2. The minimum absolute atomic E-state index is 0.0249. The van der Waals surface area contributed by atoms with Gasteiger partial charge in [0.15, 0.2) is 5.69 Å². The number of pyridine rings is 2. The number of carbonyl (C=O) groups excluding carboxylic acids is 1. The van der Waals surface area contributed by atoms with E-state index in [4.69, 9.17) is 24.8 Å². The number of carboxylic acids is 2. The molecule has 1 unspecified atom stereocenters. The first-order valence-corrected chi connectivity index (χ1v) is 13.9. The van der Waals surface area contributed by atoms with Crippen molar-refractivity contribution in [2.24, 2.45) is 0 Å². The number of rotatable bonds is 6. The molecule has 1 atom stereocenters. The van der Waals surface area contributed by atoms with E-state index in [9.17, 15) is 44.3 Å². The number of hydrogen-bond acceptors (Lipinski definition) is 6. The molecule has 19 heteroatoms. The third-order valence-corrected chi connectivity index (χ3v) is 6.74. The summed E-state index contributed by atoms with van der Waals surface area (Å²) >= 11 is 0. The van der Waals surface area contributed by atoms with E-state index in [-0.39, 0.29) is 18.3 Å². The number of aliphatic carboxylic acids is 2. The molecule has 0 aliphatic carbocycles. The predicted molar refractivity (Wildman–Crippen MR) is 152 cm³/mol. The number of nitrogens with zero attached hydrogens (tertiary/aromatic N) is 4. The van der Waals surface area contributed by atoms with Crippen LogP contribution in [-0.4, -0.2) is 66.2 Å². The van der Waals surface area contributed by atoms with E-state index in [2.05, 4.69) is 15.2 Å². The van der Waals surface area contributed by atoms with Gasteiger partial charge in [0.2, 0.25) is 0 Å². The lowest BCUT2D eigenvalue weighted by Crippen LogP contribution is -2.25. The maximum absolute atomic E-state index is 13.1. The van der Waals surface area contributed by atoms with Gasteiger partial charge in [-0.25, -0.2) is 14.6 Å². The molecule has 0 bridgehead atoms. The molecule has 1 amide bonds. The zero-order valence-corrected chi connectivity index (χ0v) is 24.9. The maximum atomic E-state index is 13.1. The quantitative estimate of drug-likeness (QED) is 0.199. The van der Waals surface area contributed by atoms with Crippen molar-refractivity contribution in [3.8, 4) is 0 Å². The fourth-order valence-corrected chi connectivity index (χ4v) is 4.59. The molecular weight excluding hydrogens is 681 g/mol. The van der Waals surface area contributed by atoms with Gasteiger partial charge in [-0.15, -0.1) is 0 Å². The SMILES string of the molecule is O=C(NCc1cccc(C(F)(F)F)c1)c1nc(C2CCCN2Cc2ccccn2)n2ccccc12.O=C(O)C(F)(F)F.O=C(O)C(F)(F)F. The molecule has 4 aromatic rings. The topological polar surface area (TPSA) is 137 Å². The fraction of sp³-hybridized carbons (Fsp3) is 0.300. The molecule has 5 rings (SSSR count). The molecule has 1 saturated heterocycles. The lowest BCUT2D eigenvalue weighted by atomic mass is 10.1. The van der Waals surface area contributed by atoms with Gasteiger partial charge in [0.1, 0.15) is 5.82 Å². The number of fused-ring (bicyclic) bond motifs is 1. The Bertz CT molecular complexity index is 1720. The van der Waals surface area contributed by atoms with E-state index in [0.717, 1.165) is 43.0 Å². The number of aromatic nitrogens is 3. The van der Waals surface area contributed by atoms with Crippen molar-refractivity contribution in [3.05, 3.63) is 101 Å². The largest absolute Gasteiger partial charge is 0.490 e. The number of carboxylic acid groups (broad SMARTS) is 2. The summed E-state index contributed by atoms with van der Waals surface area (Å²) in [7, 11) is 0. The van der Waals surface area contributed by atoms with Crippen molar-refractivity contribution in [2.75, 3.05) is 6.54 Å². The Morgan fingerprint density at radius 1 is 0.857 bits per heavy atom. The highest BCUT2D eigenvalue weighted by atomic mass is 19.4. The van der Waals surface area contributed by atoms with Crippen LogP contribution in [0.1, 0.15) is 52.0 Å². The predicted octanol–water partition coefficient (Wildman–Crippen LogP) is 6.28. The number of amides is 1. The van der Waals surface area contributed by atoms with Crippen LogP contribution in [0.5, 0.6) is 0 Å². The van der Waals surface area contributed by atoms with Crippen LogP contribution in [0.4, 0.5) is 39.5 Å². The Labute approximate surface area is 270 Å². The Morgan fingerprint density at radius 2 is 1.49 bits per heavy atom. The van der Waals surface area contributed by atoms with Crippen LogP contribution in [0.15, 0.2) is 73.1 Å². The number of hydrogen-bond donors (Lipinski definition) is 3. The molecule has 1 aliphatic heterocycles. The summed E-state index contributed by atoms with van der Waals surface area (Å²) in [4.78, 5) is 42.4. The van der Waals surface area contributed by atoms with Crippen molar-refractivity contribution < 1.29 is 64.1 Å². The third kappa shape index (κ3) is 10.9. The molecule has 4 heterocycles. The summed E-state index contributed by atoms with van der Waals surface area (Å²) in [6.07, 6.45) is -9.02. The minimum Gasteiger partial charge on any atom is -0.475 e. The average molecular weight is 708 g/mol. The van der Waals surface area contributed by atoms with Gasteiger partial charge in [0.05, 0.1) is 22.8 Å². The van der Waals surface area contributed by atoms with Crippen LogP contribution in [0.2, 0.25) is 0 Å². The number of imidazole rings is 1. The first-order valence-electron chi connectivity index (χ1n) is 13.9. The van der Waals surface area contributed by atoms with Crippen LogP contribution < -0.4 is 5.32 Å². The van der Waals surface area contributed by atoms with Crippen molar-refractivity contribution in [1.29, 1.82) is 0 Å². The van der Waals surface area contributed by atoms with Gasteiger partial charge in [0, 0.05) is 25.5 Å². The summed E-state index contributed by atoms with van der Waals surface area (Å²) in [5, 5.41) is 17.0. The Hall–Kier alpha value is -5.20. The lowest BCUT2D eigenvalue weighted by Gasteiger charge is -2.23. The molecule has 49 heavy (non-hydrogen) atoms. The highest BCUT2D eigenvalue weighted by Gasteiger charge is 2.39. The molecule has 0 saturated carbocycles. The summed E-state index contributed by atoms with van der Waals surface area (Å²) in [6.45, 7) is 1.56. The van der Waals surface area contributed by atoms with Gasteiger partial charge in [0.25, 0.3) is 5.91 Å². The van der Waals surface area contributed by atoms with E-state index < -0.39 is 41.9 Å². The van der Waals surface area contributed by atoms with E-state index >= 15 is 0 Å². The van der Waals surface area contributed by atoms with E-state index in [1.807, 2.05) is 47.0 Å². The standard InChI is InChI=1S/C26H24F3N5O.2C2HF3O2/c27-26(28,29)19-8-5-7-18(15-19)16-31-25(35)23-21-10-2-4-14-34(21)24(32-23)22-11-6-13-33(22)17-20-9-1-3-12-30-20;2*3-2(4,5)1(6)7/h1-5,7-10,12,14-15,22H,6,11,13,16-17H2,(H,31,35);2*(H,6,7). The Kier molecular flexibility index (Phi) is 12.3. The molecule has 3 N–H and O–H groups in total. The van der Waals surface area contributed by atoms with Crippen LogP contribution in [0, 0.1) is 0 Å². The number of nitrogens with one attached hydrogen (secondary N) is 1. The monoisotopic (exact) mass is 707 g/mol. The zero-order valence-electron chi connectivity index (χ0n) is 24.9. The molecule has 1 aliphatic rings. The summed E-state index contributed by atoms with van der Waals surface area (Å²) in [5.74, 6) is -5.16. The van der Waals surface area contributed by atoms with Gasteiger partial charge in [-0.3, -0.25) is 14.7 Å². The lowest BCUT2D eigenvalue weighted by molar-refractivity contribution is -0.193. The van der Waals surface area contributed by atoms with Crippen LogP contribution in [0.25, 0.3) is 5.52 Å². The summed E-state index contributed by atoms with van der Waals surface area (Å²) in [6, 6.07) is 16.4. The van der Waals surface area contributed by atoms with Crippen LogP contribution in [0.3, 0.4) is 0 Å². The van der Waals surface area contributed by atoms with Crippen molar-refractivity contribution in [2.45, 2.75) is 50.5 Å². The van der Waals surface area contributed by atoms with Crippen molar-refractivity contribution in [1.82, 2.24) is 24.6 Å². The third-order valence-electron chi connectivity index (χ3n) is 6.74. The second-order valence-corrected chi connectivity index (χ2v) is 10.2. The molecule has 0 spiro atoms. The summed E-state index contributed by atoms with van der Waals surface area (Å²) in [5.41, 5.74) is 1.52. The Balaban J connectivity index is 0.000000392. The molecule has 3 aromatic heterocycles. The number of likely N-dealkylation sites (tertiary alicyclic amines) is 1. The Morgan fingerprint density at radius 3 is 2.06 bits per heavy atom. The van der Waals surface area contributed by atoms with E-state index in [1.165, 1.54) is 6.07 Å². The van der Waals surface area contributed by atoms with E-state index in [1.54, 1.807) is 12.3 Å². The average Bonchev–Trinajstić information content (AvgIpc) is 3.64. The smallest absolute Gasteiger partial charge is 0.475 e. The fourth-order valence-electron chi connectivity index (χ4n) is 4.59. The molecule has 1 fully saturated rings. The minimum atomic E-state index is -5.08. The van der Waals surface area contributed by atoms with Crippen LogP contribution in [-0.2, 0) is 28.9 Å². The van der Waals surface area contributed by atoms with Gasteiger partial charge in [-0.2, -0.15) is 39.5 Å². The second kappa shape index (κ2) is 15.8. The van der Waals surface area contributed by atoms with Crippen molar-refractivity contribution >= 4 is 23.4 Å². The molecule has 10 nitrogen and oxygen atoms in total. The first kappa shape index (κ1) is 38.2. The van der Waals surface area contributed by atoms with Gasteiger partial charge in [-0.1, -0.05) is 24.3 Å². The van der Waals surface area contributed by atoms with Crippen molar-refractivity contribution in [3.63, 3.8) is 0 Å². The van der Waals surface area contributed by atoms with E-state index in [0.29, 0.717) is 17.6 Å². The number of alkyl halides is 9. The normalized spacial score (nSPS) is 15.1. The number of benzene rings is 1. The molecular formula is C30H26F9N5O5.